The van der Waals surface area contributed by atoms with Crippen molar-refractivity contribution in [2.75, 3.05) is 13.2 Å². The Labute approximate surface area is 122 Å². The quantitative estimate of drug-likeness (QED) is 0.677. The van der Waals surface area contributed by atoms with Gasteiger partial charge in [0.1, 0.15) is 11.5 Å². The molecule has 0 amide bonds. The summed E-state index contributed by atoms with van der Waals surface area (Å²) >= 11 is 0. The zero-order valence-corrected chi connectivity index (χ0v) is 13.0. The summed E-state index contributed by atoms with van der Waals surface area (Å²) in [5, 5.41) is 0. The second kappa shape index (κ2) is 6.98. The highest BCUT2D eigenvalue weighted by Crippen LogP contribution is 2.35. The molecule has 0 bridgehead atoms. The number of hydrogen-bond donors (Lipinski definition) is 0. The van der Waals surface area contributed by atoms with Crippen molar-refractivity contribution < 1.29 is 14.2 Å². The normalized spacial score (nSPS) is 22.4. The van der Waals surface area contributed by atoms with Gasteiger partial charge in [-0.2, -0.15) is 0 Å². The van der Waals surface area contributed by atoms with Crippen molar-refractivity contribution >= 4 is 0 Å². The molecule has 112 valence electrons. The highest BCUT2D eigenvalue weighted by atomic mass is 16.6. The molecule has 3 unspecified atom stereocenters. The monoisotopic (exact) mass is 278 g/mol. The maximum Gasteiger partial charge on any atom is 0.122 e. The Hall–Kier alpha value is -1.22. The third-order valence-corrected chi connectivity index (χ3v) is 3.77. The number of benzene rings is 1. The van der Waals surface area contributed by atoms with Crippen molar-refractivity contribution in [2.45, 2.75) is 52.7 Å². The van der Waals surface area contributed by atoms with Crippen molar-refractivity contribution in [3.05, 3.63) is 23.8 Å². The maximum absolute atomic E-state index is 5.73. The lowest BCUT2D eigenvalue weighted by molar-refractivity contribution is 0.311. The molecule has 3 nitrogen and oxygen atoms in total. The molecule has 1 aliphatic heterocycles. The number of rotatable bonds is 8. The third kappa shape index (κ3) is 3.66. The van der Waals surface area contributed by atoms with Crippen molar-refractivity contribution in [2.24, 2.45) is 5.92 Å². The van der Waals surface area contributed by atoms with Gasteiger partial charge in [-0.1, -0.05) is 13.8 Å². The lowest BCUT2D eigenvalue weighted by Gasteiger charge is -2.15. The molecule has 1 aliphatic rings. The van der Waals surface area contributed by atoms with Crippen LogP contribution in [0.4, 0.5) is 0 Å². The molecular formula is C17H26O3. The number of ether oxygens (including phenoxy) is 3. The Morgan fingerprint density at radius 1 is 1.15 bits per heavy atom. The molecule has 2 rings (SSSR count). The van der Waals surface area contributed by atoms with E-state index in [0.717, 1.165) is 24.3 Å². The first-order chi connectivity index (χ1) is 9.69. The van der Waals surface area contributed by atoms with Crippen molar-refractivity contribution in [3.8, 4) is 11.5 Å². The van der Waals surface area contributed by atoms with E-state index in [-0.39, 0.29) is 0 Å². The average Bonchev–Trinajstić information content (AvgIpc) is 3.22. The van der Waals surface area contributed by atoms with Crippen LogP contribution >= 0.6 is 0 Å². The van der Waals surface area contributed by atoms with E-state index in [4.69, 9.17) is 14.2 Å². The summed E-state index contributed by atoms with van der Waals surface area (Å²) in [5.74, 6) is 2.40. The summed E-state index contributed by atoms with van der Waals surface area (Å²) in [6.07, 6.45) is 2.94. The molecule has 0 N–H and O–H groups in total. The van der Waals surface area contributed by atoms with Crippen LogP contribution in [0.15, 0.2) is 18.2 Å². The SMILES string of the molecule is CCOc1ccc(OCC)c(CC(C)C2OC2CC)c1. The second-order valence-corrected chi connectivity index (χ2v) is 5.36. The first-order valence-corrected chi connectivity index (χ1v) is 7.73. The lowest BCUT2D eigenvalue weighted by Crippen LogP contribution is -2.11. The summed E-state index contributed by atoms with van der Waals surface area (Å²) < 4.78 is 17.0. The fraction of sp³-hybridized carbons (Fsp3) is 0.647. The topological polar surface area (TPSA) is 31.0 Å². The standard InChI is InChI=1S/C17H26O3/c1-5-15-17(20-15)12(4)10-13-11-14(18-6-2)8-9-16(13)19-7-3/h8-9,11-12,15,17H,5-7,10H2,1-4H3. The summed E-state index contributed by atoms with van der Waals surface area (Å²) in [4.78, 5) is 0. The molecule has 3 atom stereocenters. The van der Waals surface area contributed by atoms with Gasteiger partial charge in [0.25, 0.3) is 0 Å². The summed E-state index contributed by atoms with van der Waals surface area (Å²) in [6, 6.07) is 6.10. The van der Waals surface area contributed by atoms with Crippen LogP contribution in [-0.4, -0.2) is 25.4 Å². The third-order valence-electron chi connectivity index (χ3n) is 3.77. The average molecular weight is 278 g/mol. The lowest BCUT2D eigenvalue weighted by atomic mass is 9.95. The maximum atomic E-state index is 5.73. The van der Waals surface area contributed by atoms with Gasteiger partial charge in [0.05, 0.1) is 25.4 Å². The van der Waals surface area contributed by atoms with Crippen LogP contribution in [-0.2, 0) is 11.2 Å². The Bertz CT molecular complexity index is 430. The fourth-order valence-corrected chi connectivity index (χ4v) is 2.72. The van der Waals surface area contributed by atoms with Gasteiger partial charge < -0.3 is 14.2 Å². The molecule has 1 saturated heterocycles. The zero-order valence-electron chi connectivity index (χ0n) is 13.0. The molecule has 1 heterocycles. The van der Waals surface area contributed by atoms with Crippen LogP contribution in [0.5, 0.6) is 11.5 Å². The van der Waals surface area contributed by atoms with Crippen LogP contribution in [0.25, 0.3) is 0 Å². The molecule has 1 fully saturated rings. The van der Waals surface area contributed by atoms with E-state index in [1.807, 2.05) is 26.0 Å². The van der Waals surface area contributed by atoms with Gasteiger partial charge in [-0.3, -0.25) is 0 Å². The molecule has 0 spiro atoms. The zero-order chi connectivity index (χ0) is 14.5. The molecule has 20 heavy (non-hydrogen) atoms. The Morgan fingerprint density at radius 2 is 1.90 bits per heavy atom. The van der Waals surface area contributed by atoms with Crippen LogP contribution < -0.4 is 9.47 Å². The Morgan fingerprint density at radius 3 is 2.50 bits per heavy atom. The first kappa shape index (κ1) is 15.2. The van der Waals surface area contributed by atoms with Crippen molar-refractivity contribution in [1.29, 1.82) is 0 Å². The van der Waals surface area contributed by atoms with Crippen LogP contribution in [0.1, 0.15) is 39.7 Å². The fourth-order valence-electron chi connectivity index (χ4n) is 2.72. The minimum Gasteiger partial charge on any atom is -0.494 e. The van der Waals surface area contributed by atoms with E-state index in [9.17, 15) is 0 Å². The predicted molar refractivity (Wildman–Crippen MR) is 80.6 cm³/mol. The van der Waals surface area contributed by atoms with E-state index in [0.29, 0.717) is 31.3 Å². The first-order valence-electron chi connectivity index (χ1n) is 7.73. The highest BCUT2D eigenvalue weighted by molar-refractivity contribution is 5.40. The van der Waals surface area contributed by atoms with E-state index in [1.165, 1.54) is 5.56 Å². The van der Waals surface area contributed by atoms with E-state index >= 15 is 0 Å². The minimum atomic E-state index is 0.408. The van der Waals surface area contributed by atoms with E-state index in [2.05, 4.69) is 19.9 Å². The van der Waals surface area contributed by atoms with Crippen LogP contribution in [0, 0.1) is 5.92 Å². The predicted octanol–water partition coefficient (Wildman–Crippen LogP) is 3.84. The molecular weight excluding hydrogens is 252 g/mol. The van der Waals surface area contributed by atoms with Gasteiger partial charge in [-0.15, -0.1) is 0 Å². The van der Waals surface area contributed by atoms with Gasteiger partial charge in [0, 0.05) is 0 Å². The summed E-state index contributed by atoms with van der Waals surface area (Å²) in [7, 11) is 0. The van der Waals surface area contributed by atoms with Crippen LogP contribution in [0.3, 0.4) is 0 Å². The molecule has 3 heteroatoms. The van der Waals surface area contributed by atoms with Gasteiger partial charge in [0.2, 0.25) is 0 Å². The summed E-state index contributed by atoms with van der Waals surface area (Å²) in [5.41, 5.74) is 1.22. The molecule has 0 saturated carbocycles. The number of epoxide rings is 1. The largest absolute Gasteiger partial charge is 0.494 e. The van der Waals surface area contributed by atoms with Crippen LogP contribution in [0.2, 0.25) is 0 Å². The van der Waals surface area contributed by atoms with Crippen molar-refractivity contribution in [3.63, 3.8) is 0 Å². The van der Waals surface area contributed by atoms with Gasteiger partial charge in [-0.05, 0) is 56.4 Å². The molecule has 0 aromatic heterocycles. The molecule has 0 aliphatic carbocycles. The molecule has 0 radical (unpaired) electrons. The molecule has 1 aromatic carbocycles. The van der Waals surface area contributed by atoms with Gasteiger partial charge in [-0.25, -0.2) is 0 Å². The summed E-state index contributed by atoms with van der Waals surface area (Å²) in [6.45, 7) is 9.82. The van der Waals surface area contributed by atoms with Gasteiger partial charge >= 0.3 is 0 Å². The van der Waals surface area contributed by atoms with Gasteiger partial charge in [0.15, 0.2) is 0 Å². The molecule has 1 aromatic rings. The Kier molecular flexibility index (Phi) is 5.30. The smallest absolute Gasteiger partial charge is 0.122 e. The highest BCUT2D eigenvalue weighted by Gasteiger charge is 2.41. The second-order valence-electron chi connectivity index (χ2n) is 5.36. The minimum absolute atomic E-state index is 0.408. The van der Waals surface area contributed by atoms with E-state index < -0.39 is 0 Å². The number of hydrogen-bond acceptors (Lipinski definition) is 3. The van der Waals surface area contributed by atoms with Crippen molar-refractivity contribution in [1.82, 2.24) is 0 Å². The Balaban J connectivity index is 2.08. The van der Waals surface area contributed by atoms with E-state index in [1.54, 1.807) is 0 Å².